The second-order valence-corrected chi connectivity index (χ2v) is 3.46. The second kappa shape index (κ2) is 3.69. The average molecular weight is 188 g/mol. The highest BCUT2D eigenvalue weighted by Crippen LogP contribution is 2.20. The summed E-state index contributed by atoms with van der Waals surface area (Å²) in [6, 6.07) is 9.80. The molecule has 1 aliphatic rings. The molecule has 1 fully saturated rings. The molecule has 0 amide bonds. The number of nitrogens with zero attached hydrogens (tertiary/aromatic N) is 2. The van der Waals surface area contributed by atoms with E-state index in [1.54, 1.807) is 0 Å². The molecular formula is C11H12N2O. The van der Waals surface area contributed by atoms with Gasteiger partial charge in [-0.15, -0.1) is 0 Å². The van der Waals surface area contributed by atoms with Crippen LogP contribution in [0, 0.1) is 11.3 Å². The Morgan fingerprint density at radius 1 is 1.57 bits per heavy atom. The van der Waals surface area contributed by atoms with Crippen LogP contribution in [-0.2, 0) is 4.74 Å². The smallest absolute Gasteiger partial charge is 0.101 e. The van der Waals surface area contributed by atoms with Crippen LogP contribution >= 0.6 is 0 Å². The van der Waals surface area contributed by atoms with E-state index >= 15 is 0 Å². The van der Waals surface area contributed by atoms with E-state index in [4.69, 9.17) is 10.00 Å². The summed E-state index contributed by atoms with van der Waals surface area (Å²) >= 11 is 0. The Morgan fingerprint density at radius 3 is 2.93 bits per heavy atom. The molecule has 0 bridgehead atoms. The van der Waals surface area contributed by atoms with Gasteiger partial charge < -0.3 is 9.64 Å². The lowest BCUT2D eigenvalue weighted by Crippen LogP contribution is -2.23. The number of epoxide rings is 1. The number of anilines is 1. The Kier molecular flexibility index (Phi) is 2.38. The molecular weight excluding hydrogens is 176 g/mol. The molecule has 72 valence electrons. The van der Waals surface area contributed by atoms with E-state index in [1.165, 1.54) is 0 Å². The maximum atomic E-state index is 8.91. The van der Waals surface area contributed by atoms with Crippen LogP contribution in [0.25, 0.3) is 0 Å². The minimum atomic E-state index is 0.353. The zero-order valence-electron chi connectivity index (χ0n) is 8.10. The van der Waals surface area contributed by atoms with Crippen molar-refractivity contribution in [1.29, 1.82) is 5.26 Å². The lowest BCUT2D eigenvalue weighted by atomic mass is 10.2. The van der Waals surface area contributed by atoms with E-state index in [1.807, 2.05) is 31.3 Å². The van der Waals surface area contributed by atoms with Gasteiger partial charge >= 0.3 is 0 Å². The first-order chi connectivity index (χ1) is 6.81. The summed E-state index contributed by atoms with van der Waals surface area (Å²) in [6.45, 7) is 1.71. The summed E-state index contributed by atoms with van der Waals surface area (Å²) in [5, 5.41) is 8.91. The fourth-order valence-electron chi connectivity index (χ4n) is 1.48. The molecule has 0 saturated carbocycles. The van der Waals surface area contributed by atoms with Gasteiger partial charge in [0.2, 0.25) is 0 Å². The fourth-order valence-corrected chi connectivity index (χ4v) is 1.48. The molecule has 3 heteroatoms. The number of hydrogen-bond acceptors (Lipinski definition) is 3. The third-order valence-corrected chi connectivity index (χ3v) is 2.32. The van der Waals surface area contributed by atoms with E-state index < -0.39 is 0 Å². The molecule has 1 atom stereocenters. The van der Waals surface area contributed by atoms with Crippen molar-refractivity contribution in [1.82, 2.24) is 0 Å². The molecule has 0 aromatic heterocycles. The molecule has 0 radical (unpaired) electrons. The molecule has 1 aromatic rings. The van der Waals surface area contributed by atoms with Crippen LogP contribution < -0.4 is 4.90 Å². The summed E-state index contributed by atoms with van der Waals surface area (Å²) in [7, 11) is 1.98. The third kappa shape index (κ3) is 1.86. The number of nitriles is 1. The van der Waals surface area contributed by atoms with Gasteiger partial charge in [-0.2, -0.15) is 5.26 Å². The van der Waals surface area contributed by atoms with Crippen molar-refractivity contribution in [2.45, 2.75) is 6.10 Å². The Labute approximate surface area is 83.5 Å². The predicted octanol–water partition coefficient (Wildman–Crippen LogP) is 1.39. The Morgan fingerprint density at radius 2 is 2.29 bits per heavy atom. The predicted molar refractivity (Wildman–Crippen MR) is 54.2 cm³/mol. The molecule has 1 saturated heterocycles. The van der Waals surface area contributed by atoms with Gasteiger partial charge in [0.15, 0.2) is 0 Å². The van der Waals surface area contributed by atoms with Gasteiger partial charge in [0.1, 0.15) is 6.07 Å². The van der Waals surface area contributed by atoms with Gasteiger partial charge in [0, 0.05) is 13.6 Å². The van der Waals surface area contributed by atoms with Crippen LogP contribution in [-0.4, -0.2) is 26.3 Å². The van der Waals surface area contributed by atoms with Gasteiger partial charge in [0.25, 0.3) is 0 Å². The van der Waals surface area contributed by atoms with Gasteiger partial charge in [-0.1, -0.05) is 12.1 Å². The zero-order chi connectivity index (χ0) is 9.97. The van der Waals surface area contributed by atoms with Crippen molar-refractivity contribution >= 4 is 5.69 Å². The van der Waals surface area contributed by atoms with Crippen LogP contribution in [0.3, 0.4) is 0 Å². The highest BCUT2D eigenvalue weighted by molar-refractivity contribution is 5.58. The Hall–Kier alpha value is -1.53. The van der Waals surface area contributed by atoms with E-state index in [2.05, 4.69) is 11.0 Å². The standard InChI is InChI=1S/C11H12N2O/c1-13(7-10-8-14-10)11-5-3-2-4-9(11)6-12/h2-5,10H,7-8H2,1H3. The van der Waals surface area contributed by atoms with Crippen molar-refractivity contribution in [3.8, 4) is 6.07 Å². The fraction of sp³-hybridized carbons (Fsp3) is 0.364. The van der Waals surface area contributed by atoms with Gasteiger partial charge in [-0.25, -0.2) is 0 Å². The molecule has 0 spiro atoms. The quantitative estimate of drug-likeness (QED) is 0.673. The zero-order valence-corrected chi connectivity index (χ0v) is 8.10. The Balaban J connectivity index is 2.16. The summed E-state index contributed by atoms with van der Waals surface area (Å²) < 4.78 is 5.15. The molecule has 2 rings (SSSR count). The lowest BCUT2D eigenvalue weighted by molar-refractivity contribution is 0.410. The first-order valence-electron chi connectivity index (χ1n) is 4.63. The number of benzene rings is 1. The molecule has 1 aromatic carbocycles. The maximum Gasteiger partial charge on any atom is 0.101 e. The summed E-state index contributed by atoms with van der Waals surface area (Å²) in [6.07, 6.45) is 0.353. The van der Waals surface area contributed by atoms with Crippen LogP contribution in [0.1, 0.15) is 5.56 Å². The van der Waals surface area contributed by atoms with Crippen molar-refractivity contribution < 1.29 is 4.74 Å². The monoisotopic (exact) mass is 188 g/mol. The molecule has 0 aliphatic carbocycles. The van der Waals surface area contributed by atoms with E-state index in [-0.39, 0.29) is 0 Å². The molecule has 1 aliphatic heterocycles. The van der Waals surface area contributed by atoms with Crippen LogP contribution in [0.5, 0.6) is 0 Å². The maximum absolute atomic E-state index is 8.91. The minimum absolute atomic E-state index is 0.353. The van der Waals surface area contributed by atoms with Gasteiger partial charge in [-0.05, 0) is 12.1 Å². The third-order valence-electron chi connectivity index (χ3n) is 2.32. The van der Waals surface area contributed by atoms with Gasteiger partial charge in [0.05, 0.1) is 24.0 Å². The van der Waals surface area contributed by atoms with Crippen molar-refractivity contribution in [3.05, 3.63) is 29.8 Å². The van der Waals surface area contributed by atoms with E-state index in [0.29, 0.717) is 6.10 Å². The molecule has 1 unspecified atom stereocenters. The molecule has 3 nitrogen and oxygen atoms in total. The van der Waals surface area contributed by atoms with Crippen molar-refractivity contribution in [3.63, 3.8) is 0 Å². The normalized spacial score (nSPS) is 18.7. The largest absolute Gasteiger partial charge is 0.371 e. The van der Waals surface area contributed by atoms with Crippen LogP contribution in [0.15, 0.2) is 24.3 Å². The average Bonchev–Trinajstić information content (AvgIpc) is 3.01. The summed E-state index contributed by atoms with van der Waals surface area (Å²) in [4.78, 5) is 2.07. The van der Waals surface area contributed by atoms with Crippen LogP contribution in [0.2, 0.25) is 0 Å². The number of hydrogen-bond donors (Lipinski definition) is 0. The number of ether oxygens (including phenoxy) is 1. The van der Waals surface area contributed by atoms with Crippen LogP contribution in [0.4, 0.5) is 5.69 Å². The lowest BCUT2D eigenvalue weighted by Gasteiger charge is -2.18. The summed E-state index contributed by atoms with van der Waals surface area (Å²) in [5.41, 5.74) is 1.70. The van der Waals surface area contributed by atoms with Crippen molar-refractivity contribution in [2.24, 2.45) is 0 Å². The van der Waals surface area contributed by atoms with E-state index in [0.717, 1.165) is 24.4 Å². The number of para-hydroxylation sites is 1. The molecule has 14 heavy (non-hydrogen) atoms. The SMILES string of the molecule is CN(CC1CO1)c1ccccc1C#N. The second-order valence-electron chi connectivity index (χ2n) is 3.46. The van der Waals surface area contributed by atoms with Gasteiger partial charge in [-0.3, -0.25) is 0 Å². The number of rotatable bonds is 3. The Bertz CT molecular complexity index is 366. The van der Waals surface area contributed by atoms with E-state index in [9.17, 15) is 0 Å². The first-order valence-corrected chi connectivity index (χ1v) is 4.63. The highest BCUT2D eigenvalue weighted by Gasteiger charge is 2.24. The minimum Gasteiger partial charge on any atom is -0.371 e. The number of likely N-dealkylation sites (N-methyl/N-ethyl adjacent to an activating group) is 1. The van der Waals surface area contributed by atoms with Crippen molar-refractivity contribution in [2.75, 3.05) is 25.1 Å². The topological polar surface area (TPSA) is 39.6 Å². The molecule has 1 heterocycles. The summed E-state index contributed by atoms with van der Waals surface area (Å²) in [5.74, 6) is 0. The molecule has 0 N–H and O–H groups in total. The first kappa shape index (κ1) is 9.04. The highest BCUT2D eigenvalue weighted by atomic mass is 16.6.